The van der Waals surface area contributed by atoms with Crippen LogP contribution in [0.25, 0.3) is 0 Å². The fourth-order valence-corrected chi connectivity index (χ4v) is 3.07. The lowest BCUT2D eigenvalue weighted by Gasteiger charge is -2.31. The van der Waals surface area contributed by atoms with Crippen LogP contribution in [0.5, 0.6) is 0 Å². The maximum Gasteiger partial charge on any atom is 0.309 e. The zero-order valence-corrected chi connectivity index (χ0v) is 16.2. The second-order valence-corrected chi connectivity index (χ2v) is 6.96. The average molecular weight is 403 g/mol. The number of aryl methyl sites for hydroxylation is 1. The quantitative estimate of drug-likeness (QED) is 0.770. The molecule has 1 aliphatic rings. The Morgan fingerprint density at radius 2 is 1.90 bits per heavy atom. The Hall–Kier alpha value is -3.23. The van der Waals surface area contributed by atoms with Gasteiger partial charge in [0.2, 0.25) is 0 Å². The number of nitrogens with one attached hydrogen (secondary N) is 1. The van der Waals surface area contributed by atoms with E-state index in [9.17, 15) is 18.8 Å². The van der Waals surface area contributed by atoms with Crippen LogP contribution >= 0.6 is 0 Å². The number of halogens is 1. The van der Waals surface area contributed by atoms with Crippen LogP contribution in [0, 0.1) is 18.7 Å². The van der Waals surface area contributed by atoms with Crippen molar-refractivity contribution >= 4 is 23.6 Å². The summed E-state index contributed by atoms with van der Waals surface area (Å²) in [6.45, 7) is 3.94. The van der Waals surface area contributed by atoms with Crippen molar-refractivity contribution in [1.29, 1.82) is 0 Å². The molecule has 1 fully saturated rings. The lowest BCUT2D eigenvalue weighted by Crippen LogP contribution is -2.41. The maximum atomic E-state index is 13.0. The summed E-state index contributed by atoms with van der Waals surface area (Å²) in [5.74, 6) is -1.17. The number of amides is 2. The van der Waals surface area contributed by atoms with Crippen molar-refractivity contribution in [2.45, 2.75) is 32.8 Å². The number of nitrogens with zero attached hydrogens (tertiary/aromatic N) is 2. The highest BCUT2D eigenvalue weighted by atomic mass is 19.1. The van der Waals surface area contributed by atoms with Gasteiger partial charge in [-0.15, -0.1) is 0 Å². The molecule has 1 saturated heterocycles. The third-order valence-corrected chi connectivity index (χ3v) is 4.75. The molecule has 0 aliphatic carbocycles. The minimum Gasteiger partial charge on any atom is -0.452 e. The molecule has 29 heavy (non-hydrogen) atoms. The second kappa shape index (κ2) is 8.85. The van der Waals surface area contributed by atoms with Crippen LogP contribution in [0.3, 0.4) is 0 Å². The maximum absolute atomic E-state index is 13.0. The smallest absolute Gasteiger partial charge is 0.309 e. The Balaban J connectivity index is 1.47. The highest BCUT2D eigenvalue weighted by Gasteiger charge is 2.31. The van der Waals surface area contributed by atoms with Crippen LogP contribution < -0.4 is 5.32 Å². The Bertz CT molecular complexity index is 888. The molecule has 9 heteroatoms. The summed E-state index contributed by atoms with van der Waals surface area (Å²) >= 11 is 0. The minimum atomic E-state index is -0.988. The lowest BCUT2D eigenvalue weighted by atomic mass is 9.96. The summed E-state index contributed by atoms with van der Waals surface area (Å²) < 4.78 is 23.1. The molecular weight excluding hydrogens is 381 g/mol. The molecule has 1 aromatic heterocycles. The highest BCUT2D eigenvalue weighted by Crippen LogP contribution is 2.21. The number of piperidine rings is 1. The van der Waals surface area contributed by atoms with Gasteiger partial charge in [-0.2, -0.15) is 0 Å². The predicted molar refractivity (Wildman–Crippen MR) is 100 cm³/mol. The summed E-state index contributed by atoms with van der Waals surface area (Å²) in [4.78, 5) is 38.6. The van der Waals surface area contributed by atoms with Gasteiger partial charge in [0.15, 0.2) is 11.9 Å². The minimum absolute atomic E-state index is 0.201. The number of hydrogen-bond acceptors (Lipinski definition) is 6. The van der Waals surface area contributed by atoms with Gasteiger partial charge in [-0.1, -0.05) is 5.16 Å². The van der Waals surface area contributed by atoms with E-state index in [1.807, 2.05) is 0 Å². The van der Waals surface area contributed by atoms with E-state index in [1.54, 1.807) is 17.9 Å². The standard InChI is InChI=1S/C20H22FN3O5/c1-12-11-17(23-29-12)22-18(25)13(2)28-20(27)15-7-9-24(10-8-15)19(26)14-3-5-16(21)6-4-14/h3-6,11,13,15H,7-10H2,1-2H3,(H,22,23,25). The van der Waals surface area contributed by atoms with Crippen molar-refractivity contribution in [2.24, 2.45) is 5.92 Å². The van der Waals surface area contributed by atoms with Crippen molar-refractivity contribution in [3.05, 3.63) is 47.5 Å². The normalized spacial score (nSPS) is 15.6. The molecular formula is C20H22FN3O5. The molecule has 2 aromatic rings. The van der Waals surface area contributed by atoms with E-state index in [0.717, 1.165) is 0 Å². The van der Waals surface area contributed by atoms with E-state index < -0.39 is 29.7 Å². The zero-order chi connectivity index (χ0) is 21.0. The average Bonchev–Trinajstić information content (AvgIpc) is 3.12. The first kappa shape index (κ1) is 20.5. The molecule has 3 rings (SSSR count). The molecule has 154 valence electrons. The van der Waals surface area contributed by atoms with Crippen molar-refractivity contribution in [3.8, 4) is 0 Å². The zero-order valence-electron chi connectivity index (χ0n) is 16.2. The molecule has 0 saturated carbocycles. The van der Waals surface area contributed by atoms with Crippen LogP contribution in [0.1, 0.15) is 35.9 Å². The predicted octanol–water partition coefficient (Wildman–Crippen LogP) is 2.54. The van der Waals surface area contributed by atoms with Crippen LogP contribution in [-0.4, -0.2) is 47.0 Å². The van der Waals surface area contributed by atoms with Gasteiger partial charge in [0.25, 0.3) is 11.8 Å². The number of anilines is 1. The van der Waals surface area contributed by atoms with Crippen LogP contribution in [0.2, 0.25) is 0 Å². The van der Waals surface area contributed by atoms with E-state index in [0.29, 0.717) is 37.3 Å². The topological polar surface area (TPSA) is 102 Å². The number of benzene rings is 1. The number of aromatic nitrogens is 1. The Morgan fingerprint density at radius 3 is 2.48 bits per heavy atom. The van der Waals surface area contributed by atoms with E-state index in [4.69, 9.17) is 9.26 Å². The van der Waals surface area contributed by atoms with E-state index in [-0.39, 0.29) is 11.7 Å². The number of hydrogen-bond donors (Lipinski definition) is 1. The molecule has 8 nitrogen and oxygen atoms in total. The van der Waals surface area contributed by atoms with Gasteiger partial charge in [0.05, 0.1) is 5.92 Å². The van der Waals surface area contributed by atoms with E-state index >= 15 is 0 Å². The summed E-state index contributed by atoms with van der Waals surface area (Å²) in [6.07, 6.45) is -0.121. The molecule has 0 bridgehead atoms. The Labute approximate surface area is 167 Å². The largest absolute Gasteiger partial charge is 0.452 e. The van der Waals surface area contributed by atoms with Crippen molar-refractivity contribution < 1.29 is 28.0 Å². The van der Waals surface area contributed by atoms with Crippen LogP contribution in [0.15, 0.2) is 34.9 Å². The Morgan fingerprint density at radius 1 is 1.24 bits per heavy atom. The second-order valence-electron chi connectivity index (χ2n) is 6.96. The summed E-state index contributed by atoms with van der Waals surface area (Å²) in [6, 6.07) is 6.91. The number of carbonyl (C=O) groups is 3. The molecule has 1 N–H and O–H groups in total. The SMILES string of the molecule is Cc1cc(NC(=O)C(C)OC(=O)C2CCN(C(=O)c3ccc(F)cc3)CC2)no1. The van der Waals surface area contributed by atoms with Crippen molar-refractivity contribution in [2.75, 3.05) is 18.4 Å². The van der Waals surface area contributed by atoms with Crippen molar-refractivity contribution in [3.63, 3.8) is 0 Å². The summed E-state index contributed by atoms with van der Waals surface area (Å²) in [5, 5.41) is 6.17. The van der Waals surface area contributed by atoms with E-state index in [2.05, 4.69) is 10.5 Å². The molecule has 2 amide bonds. The van der Waals surface area contributed by atoms with E-state index in [1.165, 1.54) is 31.2 Å². The molecule has 1 unspecified atom stereocenters. The first-order valence-electron chi connectivity index (χ1n) is 9.33. The Kier molecular flexibility index (Phi) is 6.26. The monoisotopic (exact) mass is 403 g/mol. The molecule has 1 aliphatic heterocycles. The van der Waals surface area contributed by atoms with Crippen LogP contribution in [0.4, 0.5) is 10.2 Å². The molecule has 0 radical (unpaired) electrons. The third kappa shape index (κ3) is 5.18. The summed E-state index contributed by atoms with van der Waals surface area (Å²) in [7, 11) is 0. The third-order valence-electron chi connectivity index (χ3n) is 4.75. The highest BCUT2D eigenvalue weighted by molar-refractivity contribution is 5.95. The number of likely N-dealkylation sites (tertiary alicyclic amines) is 1. The molecule has 1 atom stereocenters. The fourth-order valence-electron chi connectivity index (χ4n) is 3.07. The van der Waals surface area contributed by atoms with Gasteiger partial charge >= 0.3 is 5.97 Å². The van der Waals surface area contributed by atoms with Gasteiger partial charge in [-0.3, -0.25) is 14.4 Å². The molecule has 0 spiro atoms. The number of esters is 1. The summed E-state index contributed by atoms with van der Waals surface area (Å²) in [5.41, 5.74) is 0.404. The lowest BCUT2D eigenvalue weighted by molar-refractivity contribution is -0.158. The number of ether oxygens (including phenoxy) is 1. The van der Waals surface area contributed by atoms with Crippen LogP contribution in [-0.2, 0) is 14.3 Å². The van der Waals surface area contributed by atoms with Gasteiger partial charge in [0.1, 0.15) is 11.6 Å². The van der Waals surface area contributed by atoms with Gasteiger partial charge in [-0.05, 0) is 51.0 Å². The van der Waals surface area contributed by atoms with Gasteiger partial charge < -0.3 is 19.5 Å². The molecule has 1 aromatic carbocycles. The van der Waals surface area contributed by atoms with Gasteiger partial charge in [-0.25, -0.2) is 4.39 Å². The first-order valence-corrected chi connectivity index (χ1v) is 9.33. The van der Waals surface area contributed by atoms with Crippen molar-refractivity contribution in [1.82, 2.24) is 10.1 Å². The first-order chi connectivity index (χ1) is 13.8. The molecule has 2 heterocycles. The van der Waals surface area contributed by atoms with Gasteiger partial charge in [0, 0.05) is 24.7 Å². The fraction of sp³-hybridized carbons (Fsp3) is 0.400. The number of rotatable bonds is 5. The number of carbonyl (C=O) groups excluding carboxylic acids is 3.